The molecule has 27 heavy (non-hydrogen) atoms. The summed E-state index contributed by atoms with van der Waals surface area (Å²) in [7, 11) is 1.51. The maximum atomic E-state index is 10.9. The number of aryl methyl sites for hydroxylation is 1. The van der Waals surface area contributed by atoms with Crippen LogP contribution in [-0.4, -0.2) is 32.3 Å². The van der Waals surface area contributed by atoms with E-state index >= 15 is 0 Å². The average molecular weight is 393 g/mol. The lowest BCUT2D eigenvalue weighted by Crippen LogP contribution is -2.31. The Morgan fingerprint density at radius 1 is 1.26 bits per heavy atom. The monoisotopic (exact) mass is 392 g/mol. The van der Waals surface area contributed by atoms with Crippen LogP contribution in [0.15, 0.2) is 36.4 Å². The quantitative estimate of drug-likeness (QED) is 0.649. The van der Waals surface area contributed by atoms with Crippen molar-refractivity contribution >= 4 is 17.5 Å². The fourth-order valence-electron chi connectivity index (χ4n) is 2.44. The van der Waals surface area contributed by atoms with Gasteiger partial charge < -0.3 is 25.3 Å². The Morgan fingerprint density at radius 3 is 2.70 bits per heavy atom. The third kappa shape index (κ3) is 6.66. The zero-order valence-corrected chi connectivity index (χ0v) is 16.5. The van der Waals surface area contributed by atoms with Gasteiger partial charge in [0.2, 0.25) is 0 Å². The summed E-state index contributed by atoms with van der Waals surface area (Å²) in [5.74, 6) is 1.02. The van der Waals surface area contributed by atoms with Gasteiger partial charge in [-0.3, -0.25) is 4.79 Å². The zero-order valence-electron chi connectivity index (χ0n) is 15.8. The molecule has 0 aromatic heterocycles. The second-order valence-electron chi connectivity index (χ2n) is 6.27. The molecule has 0 heterocycles. The third-order valence-electron chi connectivity index (χ3n) is 3.79. The molecule has 1 unspecified atom stereocenters. The van der Waals surface area contributed by atoms with Gasteiger partial charge in [-0.15, -0.1) is 0 Å². The van der Waals surface area contributed by atoms with E-state index in [2.05, 4.69) is 5.32 Å². The van der Waals surface area contributed by atoms with E-state index in [9.17, 15) is 4.79 Å². The number of amides is 1. The maximum absolute atomic E-state index is 10.9. The van der Waals surface area contributed by atoms with Crippen LogP contribution in [0.2, 0.25) is 5.02 Å². The first-order chi connectivity index (χ1) is 12.9. The predicted molar refractivity (Wildman–Crippen MR) is 106 cm³/mol. The van der Waals surface area contributed by atoms with Crippen LogP contribution in [0.4, 0.5) is 0 Å². The number of nitrogens with two attached hydrogens (primary N) is 1. The van der Waals surface area contributed by atoms with Crippen LogP contribution >= 0.6 is 11.6 Å². The van der Waals surface area contributed by atoms with Gasteiger partial charge in [-0.2, -0.15) is 0 Å². The summed E-state index contributed by atoms with van der Waals surface area (Å²) in [6.07, 6.45) is 0. The van der Waals surface area contributed by atoms with E-state index < -0.39 is 5.91 Å². The van der Waals surface area contributed by atoms with Crippen molar-refractivity contribution in [1.29, 1.82) is 0 Å². The Labute approximate surface area is 164 Å². The Kier molecular flexibility index (Phi) is 7.76. The first kappa shape index (κ1) is 20.9. The first-order valence-electron chi connectivity index (χ1n) is 8.59. The predicted octanol–water partition coefficient (Wildman–Crippen LogP) is 3.08. The molecule has 0 spiro atoms. The summed E-state index contributed by atoms with van der Waals surface area (Å²) in [6, 6.07) is 11.6. The van der Waals surface area contributed by atoms with Crippen molar-refractivity contribution in [3.8, 4) is 17.2 Å². The molecule has 3 N–H and O–H groups in total. The summed E-state index contributed by atoms with van der Waals surface area (Å²) in [5.41, 5.74) is 7.18. The number of halogens is 1. The fraction of sp³-hybridized carbons (Fsp3) is 0.350. The summed E-state index contributed by atoms with van der Waals surface area (Å²) >= 11 is 6.26. The summed E-state index contributed by atoms with van der Waals surface area (Å²) in [6.45, 7) is 4.92. The van der Waals surface area contributed by atoms with Gasteiger partial charge in [-0.25, -0.2) is 0 Å². The van der Waals surface area contributed by atoms with Crippen molar-refractivity contribution in [3.63, 3.8) is 0 Å². The lowest BCUT2D eigenvalue weighted by atomic mass is 10.2. The van der Waals surface area contributed by atoms with E-state index in [0.29, 0.717) is 29.7 Å². The van der Waals surface area contributed by atoms with E-state index in [1.165, 1.54) is 7.11 Å². The van der Waals surface area contributed by atoms with Crippen molar-refractivity contribution in [2.24, 2.45) is 5.73 Å². The highest BCUT2D eigenvalue weighted by atomic mass is 35.5. The number of hydrogen-bond donors (Lipinski definition) is 2. The molecular formula is C20H25ClN2O4. The SMILES string of the molecule is COc1cc(CNC(C)COc2cccc(C)c2)cc(Cl)c1OCC(N)=O. The van der Waals surface area contributed by atoms with E-state index in [1.54, 1.807) is 6.07 Å². The molecule has 0 radical (unpaired) electrons. The molecule has 6 nitrogen and oxygen atoms in total. The molecule has 1 atom stereocenters. The molecule has 146 valence electrons. The molecule has 0 bridgehead atoms. The van der Waals surface area contributed by atoms with Gasteiger partial charge in [-0.05, 0) is 49.2 Å². The van der Waals surface area contributed by atoms with Gasteiger partial charge in [0.25, 0.3) is 5.91 Å². The number of hydrogen-bond acceptors (Lipinski definition) is 5. The summed E-state index contributed by atoms with van der Waals surface area (Å²) in [4.78, 5) is 10.9. The highest BCUT2D eigenvalue weighted by Gasteiger charge is 2.13. The van der Waals surface area contributed by atoms with Gasteiger partial charge in [0.1, 0.15) is 12.4 Å². The smallest absolute Gasteiger partial charge is 0.255 e. The van der Waals surface area contributed by atoms with E-state index in [4.69, 9.17) is 31.5 Å². The molecule has 2 aromatic carbocycles. The lowest BCUT2D eigenvalue weighted by Gasteiger charge is -2.17. The van der Waals surface area contributed by atoms with E-state index in [0.717, 1.165) is 16.9 Å². The summed E-state index contributed by atoms with van der Waals surface area (Å²) in [5, 5.41) is 3.74. The van der Waals surface area contributed by atoms with Gasteiger partial charge in [0.15, 0.2) is 18.1 Å². The van der Waals surface area contributed by atoms with Gasteiger partial charge >= 0.3 is 0 Å². The minimum Gasteiger partial charge on any atom is -0.493 e. The molecule has 0 saturated heterocycles. The number of methoxy groups -OCH3 is 1. The van der Waals surface area contributed by atoms with Gasteiger partial charge in [-0.1, -0.05) is 23.7 Å². The highest BCUT2D eigenvalue weighted by molar-refractivity contribution is 6.32. The van der Waals surface area contributed by atoms with E-state index in [1.807, 2.05) is 44.2 Å². The minimum absolute atomic E-state index is 0.126. The fourth-order valence-corrected chi connectivity index (χ4v) is 2.72. The number of nitrogens with one attached hydrogen (secondary N) is 1. The van der Waals surface area contributed by atoms with Crippen LogP contribution in [0.5, 0.6) is 17.2 Å². The first-order valence-corrected chi connectivity index (χ1v) is 8.97. The number of carbonyl (C=O) groups is 1. The van der Waals surface area contributed by atoms with Crippen molar-refractivity contribution < 1.29 is 19.0 Å². The highest BCUT2D eigenvalue weighted by Crippen LogP contribution is 2.36. The van der Waals surface area contributed by atoms with Crippen molar-refractivity contribution in [3.05, 3.63) is 52.5 Å². The normalized spacial score (nSPS) is 11.7. The molecule has 0 saturated carbocycles. The number of ether oxygens (including phenoxy) is 3. The Hall–Kier alpha value is -2.44. The van der Waals surface area contributed by atoms with Crippen LogP contribution in [-0.2, 0) is 11.3 Å². The number of benzene rings is 2. The Morgan fingerprint density at radius 2 is 2.04 bits per heavy atom. The molecule has 2 rings (SSSR count). The zero-order chi connectivity index (χ0) is 19.8. The molecule has 0 aliphatic carbocycles. The Balaban J connectivity index is 1.92. The molecule has 0 aliphatic rings. The number of carbonyl (C=O) groups excluding carboxylic acids is 1. The van der Waals surface area contributed by atoms with E-state index in [-0.39, 0.29) is 12.6 Å². The number of rotatable bonds is 10. The molecular weight excluding hydrogens is 368 g/mol. The Bertz CT molecular complexity index is 783. The summed E-state index contributed by atoms with van der Waals surface area (Å²) < 4.78 is 16.4. The van der Waals surface area contributed by atoms with Crippen LogP contribution in [0.25, 0.3) is 0 Å². The molecule has 0 aliphatic heterocycles. The maximum Gasteiger partial charge on any atom is 0.255 e. The molecule has 7 heteroatoms. The largest absolute Gasteiger partial charge is 0.493 e. The standard InChI is InChI=1S/C20H25ClN2O4/c1-13-5-4-6-16(7-13)26-11-14(2)23-10-15-8-17(21)20(18(9-15)25-3)27-12-19(22)24/h4-9,14,23H,10-12H2,1-3H3,(H2,22,24). The molecule has 0 fully saturated rings. The van der Waals surface area contributed by atoms with Crippen molar-refractivity contribution in [1.82, 2.24) is 5.32 Å². The second kappa shape index (κ2) is 10.0. The van der Waals surface area contributed by atoms with Gasteiger partial charge in [0, 0.05) is 12.6 Å². The van der Waals surface area contributed by atoms with Gasteiger partial charge in [0.05, 0.1) is 12.1 Å². The second-order valence-corrected chi connectivity index (χ2v) is 6.68. The average Bonchev–Trinajstić information content (AvgIpc) is 2.63. The topological polar surface area (TPSA) is 82.8 Å². The molecule has 2 aromatic rings. The van der Waals surface area contributed by atoms with Crippen LogP contribution in [0, 0.1) is 6.92 Å². The van der Waals surface area contributed by atoms with Crippen molar-refractivity contribution in [2.75, 3.05) is 20.3 Å². The van der Waals surface area contributed by atoms with Crippen LogP contribution in [0.3, 0.4) is 0 Å². The minimum atomic E-state index is -0.582. The van der Waals surface area contributed by atoms with Crippen LogP contribution < -0.4 is 25.3 Å². The van der Waals surface area contributed by atoms with Crippen molar-refractivity contribution in [2.45, 2.75) is 26.4 Å². The van der Waals surface area contributed by atoms with Crippen LogP contribution in [0.1, 0.15) is 18.1 Å². The molecule has 1 amide bonds. The number of primary amides is 1. The lowest BCUT2D eigenvalue weighted by molar-refractivity contribution is -0.119. The third-order valence-corrected chi connectivity index (χ3v) is 4.07.